The van der Waals surface area contributed by atoms with Crippen LogP contribution in [0, 0.1) is 6.92 Å². The number of rotatable bonds is 2. The molecule has 0 bridgehead atoms. The molecule has 2 nitrogen and oxygen atoms in total. The minimum Gasteiger partial charge on any atom is -0.361 e. The lowest BCUT2D eigenvalue weighted by Gasteiger charge is -2.17. The summed E-state index contributed by atoms with van der Waals surface area (Å²) in [5.74, 6) is 0. The number of halogens is 1. The van der Waals surface area contributed by atoms with Crippen molar-refractivity contribution in [2.45, 2.75) is 32.7 Å². The second kappa shape index (κ2) is 3.79. The molecular formula is C13H17ClN2. The molecule has 0 aliphatic carbocycles. The fourth-order valence-electron chi connectivity index (χ4n) is 1.98. The number of fused-ring (bicyclic) bond motifs is 1. The third-order valence-corrected chi connectivity index (χ3v) is 3.19. The van der Waals surface area contributed by atoms with Gasteiger partial charge in [-0.2, -0.15) is 0 Å². The van der Waals surface area contributed by atoms with Crippen LogP contribution in [0.15, 0.2) is 18.3 Å². The van der Waals surface area contributed by atoms with Gasteiger partial charge in [-0.05, 0) is 44.4 Å². The Morgan fingerprint density at radius 2 is 2.06 bits per heavy atom. The zero-order valence-corrected chi connectivity index (χ0v) is 10.7. The third-order valence-electron chi connectivity index (χ3n) is 2.70. The van der Waals surface area contributed by atoms with E-state index in [1.165, 1.54) is 5.56 Å². The molecule has 0 unspecified atom stereocenters. The fourth-order valence-corrected chi connectivity index (χ4v) is 2.27. The Bertz CT molecular complexity index is 520. The lowest BCUT2D eigenvalue weighted by atomic mass is 9.95. The number of H-pyrrole nitrogens is 1. The van der Waals surface area contributed by atoms with E-state index in [9.17, 15) is 0 Å². The summed E-state index contributed by atoms with van der Waals surface area (Å²) < 4.78 is 0. The minimum absolute atomic E-state index is 0.220. The number of benzene rings is 1. The van der Waals surface area contributed by atoms with E-state index in [2.05, 4.69) is 11.1 Å². The molecule has 0 saturated carbocycles. The second-order valence-corrected chi connectivity index (χ2v) is 5.48. The quantitative estimate of drug-likeness (QED) is 0.825. The van der Waals surface area contributed by atoms with Gasteiger partial charge in [0.25, 0.3) is 0 Å². The van der Waals surface area contributed by atoms with Crippen LogP contribution in [0.3, 0.4) is 0 Å². The first-order chi connectivity index (χ1) is 7.38. The zero-order chi connectivity index (χ0) is 11.9. The van der Waals surface area contributed by atoms with E-state index >= 15 is 0 Å². The Morgan fingerprint density at radius 3 is 2.69 bits per heavy atom. The number of nitrogens with one attached hydrogen (secondary N) is 1. The van der Waals surface area contributed by atoms with Crippen LogP contribution < -0.4 is 5.73 Å². The first kappa shape index (κ1) is 11.5. The zero-order valence-electron chi connectivity index (χ0n) is 9.89. The van der Waals surface area contributed by atoms with Crippen LogP contribution in [0.1, 0.15) is 25.0 Å². The summed E-state index contributed by atoms with van der Waals surface area (Å²) >= 11 is 6.34. The molecule has 86 valence electrons. The van der Waals surface area contributed by atoms with Gasteiger partial charge in [0.15, 0.2) is 0 Å². The summed E-state index contributed by atoms with van der Waals surface area (Å²) in [7, 11) is 0. The smallest absolute Gasteiger partial charge is 0.0531 e. The molecule has 1 aromatic carbocycles. The number of aromatic nitrogens is 1. The molecule has 3 N–H and O–H groups in total. The lowest BCUT2D eigenvalue weighted by Crippen LogP contribution is -2.34. The average Bonchev–Trinajstić information content (AvgIpc) is 2.53. The van der Waals surface area contributed by atoms with Gasteiger partial charge in [-0.3, -0.25) is 0 Å². The molecule has 0 saturated heterocycles. The number of aromatic amines is 1. The van der Waals surface area contributed by atoms with E-state index in [4.69, 9.17) is 17.3 Å². The Morgan fingerprint density at radius 1 is 1.38 bits per heavy atom. The topological polar surface area (TPSA) is 41.8 Å². The summed E-state index contributed by atoms with van der Waals surface area (Å²) in [5, 5.41) is 1.94. The highest BCUT2D eigenvalue weighted by Crippen LogP contribution is 2.31. The van der Waals surface area contributed by atoms with Crippen LogP contribution in [0.25, 0.3) is 10.9 Å². The van der Waals surface area contributed by atoms with Crippen LogP contribution in [0.4, 0.5) is 0 Å². The molecule has 3 heteroatoms. The number of hydrogen-bond donors (Lipinski definition) is 2. The number of nitrogens with two attached hydrogens (primary N) is 1. The summed E-state index contributed by atoms with van der Waals surface area (Å²) in [6.45, 7) is 6.07. The summed E-state index contributed by atoms with van der Waals surface area (Å²) in [6.07, 6.45) is 2.82. The largest absolute Gasteiger partial charge is 0.361 e. The Labute approximate surface area is 101 Å². The third kappa shape index (κ3) is 2.08. The van der Waals surface area contributed by atoms with Crippen molar-refractivity contribution in [2.24, 2.45) is 5.73 Å². The van der Waals surface area contributed by atoms with E-state index in [-0.39, 0.29) is 5.54 Å². The van der Waals surface area contributed by atoms with Crippen LogP contribution >= 0.6 is 11.6 Å². The minimum atomic E-state index is -0.220. The van der Waals surface area contributed by atoms with Crippen molar-refractivity contribution in [3.8, 4) is 0 Å². The van der Waals surface area contributed by atoms with Crippen molar-refractivity contribution >= 4 is 22.5 Å². The molecular weight excluding hydrogens is 220 g/mol. The van der Waals surface area contributed by atoms with Crippen molar-refractivity contribution in [1.82, 2.24) is 4.98 Å². The van der Waals surface area contributed by atoms with Gasteiger partial charge < -0.3 is 10.7 Å². The maximum Gasteiger partial charge on any atom is 0.0531 e. The van der Waals surface area contributed by atoms with Gasteiger partial charge in [-0.15, -0.1) is 0 Å². The van der Waals surface area contributed by atoms with Crippen molar-refractivity contribution in [3.05, 3.63) is 34.5 Å². The van der Waals surface area contributed by atoms with E-state index in [1.54, 1.807) is 0 Å². The van der Waals surface area contributed by atoms with E-state index in [1.807, 2.05) is 33.0 Å². The van der Waals surface area contributed by atoms with Crippen LogP contribution in [-0.2, 0) is 6.42 Å². The molecule has 0 amide bonds. The predicted molar refractivity (Wildman–Crippen MR) is 70.0 cm³/mol. The monoisotopic (exact) mass is 236 g/mol. The summed E-state index contributed by atoms with van der Waals surface area (Å²) in [5.41, 5.74) is 9.20. The van der Waals surface area contributed by atoms with Gasteiger partial charge in [0.2, 0.25) is 0 Å². The highest BCUT2D eigenvalue weighted by atomic mass is 35.5. The molecule has 1 aromatic heterocycles. The molecule has 0 aliphatic rings. The molecule has 0 fully saturated rings. The van der Waals surface area contributed by atoms with Crippen LogP contribution in [0.2, 0.25) is 5.02 Å². The Hall–Kier alpha value is -0.990. The first-order valence-corrected chi connectivity index (χ1v) is 5.80. The van der Waals surface area contributed by atoms with Gasteiger partial charge in [-0.1, -0.05) is 17.7 Å². The van der Waals surface area contributed by atoms with Gasteiger partial charge >= 0.3 is 0 Å². The highest BCUT2D eigenvalue weighted by molar-refractivity contribution is 6.36. The number of aryl methyl sites for hydroxylation is 1. The standard InChI is InChI=1S/C13H17ClN2/c1-8-4-5-10-11(12(8)14)9(7-16-10)6-13(2,3)15/h4-5,7,16H,6,15H2,1-3H3. The van der Waals surface area contributed by atoms with E-state index in [0.717, 1.165) is 27.9 Å². The van der Waals surface area contributed by atoms with Gasteiger partial charge in [0.1, 0.15) is 0 Å². The summed E-state index contributed by atoms with van der Waals surface area (Å²) in [4.78, 5) is 3.24. The maximum absolute atomic E-state index is 6.34. The van der Waals surface area contributed by atoms with Crippen molar-refractivity contribution in [1.29, 1.82) is 0 Å². The van der Waals surface area contributed by atoms with Crippen molar-refractivity contribution in [2.75, 3.05) is 0 Å². The van der Waals surface area contributed by atoms with Crippen LogP contribution in [-0.4, -0.2) is 10.5 Å². The van der Waals surface area contributed by atoms with Crippen LogP contribution in [0.5, 0.6) is 0 Å². The van der Waals surface area contributed by atoms with E-state index in [0.29, 0.717) is 0 Å². The Kier molecular flexibility index (Phi) is 2.72. The molecule has 0 spiro atoms. The highest BCUT2D eigenvalue weighted by Gasteiger charge is 2.16. The van der Waals surface area contributed by atoms with Crippen molar-refractivity contribution < 1.29 is 0 Å². The Balaban J connectivity index is 2.59. The maximum atomic E-state index is 6.34. The molecule has 0 atom stereocenters. The van der Waals surface area contributed by atoms with Gasteiger partial charge in [-0.25, -0.2) is 0 Å². The molecule has 16 heavy (non-hydrogen) atoms. The summed E-state index contributed by atoms with van der Waals surface area (Å²) in [6, 6.07) is 4.09. The molecule has 2 rings (SSSR count). The van der Waals surface area contributed by atoms with Gasteiger partial charge in [0, 0.05) is 22.6 Å². The molecule has 0 aliphatic heterocycles. The second-order valence-electron chi connectivity index (χ2n) is 5.10. The number of hydrogen-bond acceptors (Lipinski definition) is 1. The first-order valence-electron chi connectivity index (χ1n) is 5.42. The SMILES string of the molecule is Cc1ccc2[nH]cc(CC(C)(C)N)c2c1Cl. The molecule has 0 radical (unpaired) electrons. The molecule has 1 heterocycles. The lowest BCUT2D eigenvalue weighted by molar-refractivity contribution is 0.518. The van der Waals surface area contributed by atoms with Gasteiger partial charge in [0.05, 0.1) is 5.02 Å². The predicted octanol–water partition coefficient (Wildman–Crippen LogP) is 3.41. The normalized spacial score (nSPS) is 12.3. The van der Waals surface area contributed by atoms with E-state index < -0.39 is 0 Å². The fraction of sp³-hybridized carbons (Fsp3) is 0.385. The van der Waals surface area contributed by atoms with Crippen molar-refractivity contribution in [3.63, 3.8) is 0 Å². The molecule has 2 aromatic rings. The average molecular weight is 237 g/mol.